The van der Waals surface area contributed by atoms with E-state index in [2.05, 4.69) is 12.2 Å². The van der Waals surface area contributed by atoms with E-state index in [-0.39, 0.29) is 18.1 Å². The van der Waals surface area contributed by atoms with Crippen LogP contribution in [0.5, 0.6) is 0 Å². The molecule has 0 bridgehead atoms. The van der Waals surface area contributed by atoms with Crippen LogP contribution in [0.4, 0.5) is 8.78 Å². The first-order valence-electron chi connectivity index (χ1n) is 7.28. The molecule has 1 N–H and O–H groups in total. The molecule has 18 heavy (non-hydrogen) atoms. The van der Waals surface area contributed by atoms with Crippen molar-refractivity contribution in [3.8, 4) is 0 Å². The van der Waals surface area contributed by atoms with Crippen LogP contribution in [-0.2, 0) is 4.74 Å². The maximum atomic E-state index is 12.2. The molecule has 1 heterocycles. The number of halogens is 2. The van der Waals surface area contributed by atoms with Crippen molar-refractivity contribution in [3.05, 3.63) is 0 Å². The zero-order chi connectivity index (χ0) is 13.0. The average Bonchev–Trinajstić information content (AvgIpc) is 2.31. The van der Waals surface area contributed by atoms with Gasteiger partial charge in [0.05, 0.1) is 12.2 Å². The molecule has 0 aromatic rings. The van der Waals surface area contributed by atoms with E-state index in [1.807, 2.05) is 0 Å². The summed E-state index contributed by atoms with van der Waals surface area (Å²) in [6, 6.07) is 0.271. The topological polar surface area (TPSA) is 21.3 Å². The predicted molar refractivity (Wildman–Crippen MR) is 68.0 cm³/mol. The second kappa shape index (κ2) is 6.29. The molecule has 3 unspecified atom stereocenters. The number of morpholine rings is 1. The van der Waals surface area contributed by atoms with Crippen molar-refractivity contribution in [2.75, 3.05) is 13.2 Å². The lowest BCUT2D eigenvalue weighted by atomic mass is 9.73. The maximum absolute atomic E-state index is 12.2. The van der Waals surface area contributed by atoms with E-state index in [0.29, 0.717) is 12.3 Å². The molecule has 1 aliphatic carbocycles. The monoisotopic (exact) mass is 261 g/mol. The lowest BCUT2D eigenvalue weighted by molar-refractivity contribution is -0.128. The Labute approximate surface area is 108 Å². The molecule has 2 aliphatic rings. The summed E-state index contributed by atoms with van der Waals surface area (Å²) in [6.45, 7) is 3.89. The minimum atomic E-state index is -2.17. The van der Waals surface area contributed by atoms with Crippen LogP contribution in [0.25, 0.3) is 0 Å². The summed E-state index contributed by atoms with van der Waals surface area (Å²) in [6.07, 6.45) is 3.90. The molecule has 2 fully saturated rings. The van der Waals surface area contributed by atoms with Crippen molar-refractivity contribution in [3.63, 3.8) is 0 Å². The molecule has 1 saturated heterocycles. The van der Waals surface area contributed by atoms with Crippen molar-refractivity contribution >= 4 is 0 Å². The van der Waals surface area contributed by atoms with Gasteiger partial charge in [0.25, 0.3) is 0 Å². The number of ether oxygens (including phenoxy) is 1. The summed E-state index contributed by atoms with van der Waals surface area (Å²) in [5.74, 6) is 0.691. The zero-order valence-corrected chi connectivity index (χ0v) is 11.3. The van der Waals surface area contributed by atoms with E-state index in [1.165, 1.54) is 12.8 Å². The van der Waals surface area contributed by atoms with E-state index < -0.39 is 6.43 Å². The highest BCUT2D eigenvalue weighted by Gasteiger charge is 2.44. The summed E-state index contributed by atoms with van der Waals surface area (Å²) in [5, 5.41) is 3.50. The molecule has 0 radical (unpaired) electrons. The highest BCUT2D eigenvalue weighted by Crippen LogP contribution is 2.40. The lowest BCUT2D eigenvalue weighted by Gasteiger charge is -2.48. The van der Waals surface area contributed by atoms with Crippen molar-refractivity contribution in [1.29, 1.82) is 0 Å². The molecule has 0 amide bonds. The highest BCUT2D eigenvalue weighted by atomic mass is 19.3. The van der Waals surface area contributed by atoms with Gasteiger partial charge in [0, 0.05) is 19.0 Å². The lowest BCUT2D eigenvalue weighted by Crippen LogP contribution is -2.59. The third kappa shape index (κ3) is 3.41. The number of hydrogen-bond donors (Lipinski definition) is 1. The molecule has 0 aromatic carbocycles. The molecule has 1 saturated carbocycles. The van der Waals surface area contributed by atoms with Gasteiger partial charge in [-0.1, -0.05) is 19.8 Å². The molecule has 3 atom stereocenters. The van der Waals surface area contributed by atoms with Gasteiger partial charge >= 0.3 is 0 Å². The molecule has 0 aromatic heterocycles. The fourth-order valence-electron chi connectivity index (χ4n) is 3.61. The van der Waals surface area contributed by atoms with E-state index in [1.54, 1.807) is 0 Å². The van der Waals surface area contributed by atoms with Gasteiger partial charge in [-0.3, -0.25) is 0 Å². The summed E-state index contributed by atoms with van der Waals surface area (Å²) in [7, 11) is 0. The third-order valence-corrected chi connectivity index (χ3v) is 4.42. The van der Waals surface area contributed by atoms with Crippen LogP contribution in [0.1, 0.15) is 51.9 Å². The highest BCUT2D eigenvalue weighted by molar-refractivity contribution is 4.99. The molecule has 1 spiro atoms. The fourth-order valence-corrected chi connectivity index (χ4v) is 3.61. The van der Waals surface area contributed by atoms with Crippen LogP contribution >= 0.6 is 0 Å². The number of hydrogen-bond acceptors (Lipinski definition) is 2. The number of alkyl halides is 2. The quantitative estimate of drug-likeness (QED) is 0.838. The molecule has 4 heteroatoms. The average molecular weight is 261 g/mol. The second-order valence-electron chi connectivity index (χ2n) is 5.94. The first kappa shape index (κ1) is 14.2. The third-order valence-electron chi connectivity index (χ3n) is 4.42. The van der Waals surface area contributed by atoms with Gasteiger partial charge in [0.2, 0.25) is 6.43 Å². The van der Waals surface area contributed by atoms with Crippen LogP contribution in [0, 0.1) is 5.92 Å². The summed E-state index contributed by atoms with van der Waals surface area (Å²) < 4.78 is 30.6. The Balaban J connectivity index is 1.92. The van der Waals surface area contributed by atoms with Crippen LogP contribution in [0.3, 0.4) is 0 Å². The van der Waals surface area contributed by atoms with Crippen molar-refractivity contribution in [1.82, 2.24) is 5.32 Å². The Kier molecular flexibility index (Phi) is 4.96. The normalized spacial score (nSPS) is 37.3. The Morgan fingerprint density at radius 1 is 1.44 bits per heavy atom. The minimum absolute atomic E-state index is 0.0177. The first-order chi connectivity index (χ1) is 8.62. The fraction of sp³-hybridized carbons (Fsp3) is 1.00. The van der Waals surface area contributed by atoms with Crippen LogP contribution in [0.15, 0.2) is 0 Å². The zero-order valence-electron chi connectivity index (χ0n) is 11.3. The molecule has 1 aliphatic heterocycles. The predicted octanol–water partition coefficient (Wildman–Crippen LogP) is 3.36. The Bertz CT molecular complexity index is 258. The molecule has 106 valence electrons. The SMILES string of the molecule is CC1CCCC2(C1)OCCNC2CCCC(F)F. The Morgan fingerprint density at radius 3 is 3.00 bits per heavy atom. The van der Waals surface area contributed by atoms with Crippen molar-refractivity contribution in [2.45, 2.75) is 69.9 Å². The van der Waals surface area contributed by atoms with Crippen molar-refractivity contribution < 1.29 is 13.5 Å². The summed E-state index contributed by atoms with van der Waals surface area (Å²) in [5.41, 5.74) is -0.0714. The van der Waals surface area contributed by atoms with E-state index in [4.69, 9.17) is 4.74 Å². The van der Waals surface area contributed by atoms with Gasteiger partial charge in [-0.2, -0.15) is 0 Å². The summed E-state index contributed by atoms with van der Waals surface area (Å²) >= 11 is 0. The van der Waals surface area contributed by atoms with E-state index in [0.717, 1.165) is 32.4 Å². The van der Waals surface area contributed by atoms with Gasteiger partial charge in [-0.05, 0) is 31.6 Å². The summed E-state index contributed by atoms with van der Waals surface area (Å²) in [4.78, 5) is 0. The van der Waals surface area contributed by atoms with Gasteiger partial charge < -0.3 is 10.1 Å². The largest absolute Gasteiger partial charge is 0.372 e. The van der Waals surface area contributed by atoms with Gasteiger partial charge in [0.1, 0.15) is 0 Å². The number of nitrogens with one attached hydrogen (secondary N) is 1. The Hall–Kier alpha value is -0.220. The standard InChI is InChI=1S/C14H25F2NO/c1-11-4-3-7-14(10-11)12(17-8-9-18-14)5-2-6-13(15)16/h11-13,17H,2-10H2,1H3. The Morgan fingerprint density at radius 2 is 2.28 bits per heavy atom. The van der Waals surface area contributed by atoms with Crippen LogP contribution < -0.4 is 5.32 Å². The molecular weight excluding hydrogens is 236 g/mol. The number of rotatable bonds is 4. The molecule has 2 nitrogen and oxygen atoms in total. The van der Waals surface area contributed by atoms with E-state index >= 15 is 0 Å². The molecule has 2 rings (SSSR count). The van der Waals surface area contributed by atoms with Crippen LogP contribution in [0.2, 0.25) is 0 Å². The minimum Gasteiger partial charge on any atom is -0.372 e. The maximum Gasteiger partial charge on any atom is 0.238 e. The van der Waals surface area contributed by atoms with Crippen LogP contribution in [-0.4, -0.2) is 31.2 Å². The molecular formula is C14H25F2NO. The van der Waals surface area contributed by atoms with Gasteiger partial charge in [0.15, 0.2) is 0 Å². The smallest absolute Gasteiger partial charge is 0.238 e. The second-order valence-corrected chi connectivity index (χ2v) is 5.94. The van der Waals surface area contributed by atoms with Gasteiger partial charge in [-0.25, -0.2) is 8.78 Å². The first-order valence-corrected chi connectivity index (χ1v) is 7.28. The van der Waals surface area contributed by atoms with E-state index in [9.17, 15) is 8.78 Å². The van der Waals surface area contributed by atoms with Gasteiger partial charge in [-0.15, -0.1) is 0 Å². The van der Waals surface area contributed by atoms with Crippen molar-refractivity contribution in [2.24, 2.45) is 5.92 Å².